The number of amides is 3. The Morgan fingerprint density at radius 3 is 2.50 bits per heavy atom. The molecule has 132 valence electrons. The number of benzene rings is 2. The van der Waals surface area contributed by atoms with Gasteiger partial charge < -0.3 is 14.8 Å². The maximum absolute atomic E-state index is 12.0. The van der Waals surface area contributed by atoms with Crippen LogP contribution in [0.25, 0.3) is 0 Å². The molecule has 26 heavy (non-hydrogen) atoms. The minimum absolute atomic E-state index is 0.148. The first-order valence-electron chi connectivity index (χ1n) is 8.30. The van der Waals surface area contributed by atoms with Crippen LogP contribution in [0.1, 0.15) is 33.6 Å². The van der Waals surface area contributed by atoms with E-state index in [4.69, 9.17) is 9.47 Å². The molecule has 0 aliphatic carbocycles. The van der Waals surface area contributed by atoms with Gasteiger partial charge in [-0.3, -0.25) is 19.7 Å². The van der Waals surface area contributed by atoms with Crippen molar-refractivity contribution in [2.45, 2.75) is 18.9 Å². The second-order valence-electron chi connectivity index (χ2n) is 6.11. The zero-order valence-electron chi connectivity index (χ0n) is 13.8. The van der Waals surface area contributed by atoms with Gasteiger partial charge in [0.25, 0.3) is 17.7 Å². The molecule has 2 N–H and O–H groups in total. The van der Waals surface area contributed by atoms with Gasteiger partial charge in [-0.1, -0.05) is 0 Å². The average molecular weight is 352 g/mol. The van der Waals surface area contributed by atoms with Crippen molar-refractivity contribution in [2.24, 2.45) is 0 Å². The van der Waals surface area contributed by atoms with Gasteiger partial charge in [-0.25, -0.2) is 0 Å². The molecule has 1 unspecified atom stereocenters. The van der Waals surface area contributed by atoms with Crippen LogP contribution in [0.2, 0.25) is 0 Å². The van der Waals surface area contributed by atoms with E-state index >= 15 is 0 Å². The summed E-state index contributed by atoms with van der Waals surface area (Å²) in [5.41, 5.74) is 1.29. The summed E-state index contributed by atoms with van der Waals surface area (Å²) in [5.74, 6) is 0.0190. The van der Waals surface area contributed by atoms with Crippen LogP contribution in [0, 0.1) is 0 Å². The average Bonchev–Trinajstić information content (AvgIpc) is 3.26. The zero-order valence-corrected chi connectivity index (χ0v) is 13.8. The molecule has 0 radical (unpaired) electrons. The number of carbonyl (C=O) groups excluding carboxylic acids is 3. The normalized spacial score (nSPS) is 18.4. The monoisotopic (exact) mass is 352 g/mol. The van der Waals surface area contributed by atoms with Crippen LogP contribution in [-0.4, -0.2) is 30.4 Å². The van der Waals surface area contributed by atoms with E-state index in [1.807, 2.05) is 0 Å². The number of anilines is 1. The van der Waals surface area contributed by atoms with E-state index in [0.29, 0.717) is 34.9 Å². The predicted molar refractivity (Wildman–Crippen MR) is 92.4 cm³/mol. The molecule has 1 atom stereocenters. The Labute approximate surface area is 149 Å². The number of fused-ring (bicyclic) bond motifs is 1. The highest BCUT2D eigenvalue weighted by molar-refractivity contribution is 6.21. The third kappa shape index (κ3) is 3.16. The molecule has 7 nitrogen and oxygen atoms in total. The number of ether oxygens (including phenoxy) is 2. The molecule has 0 bridgehead atoms. The third-order valence-corrected chi connectivity index (χ3v) is 4.29. The second-order valence-corrected chi connectivity index (χ2v) is 6.11. The molecule has 0 spiro atoms. The Kier molecular flexibility index (Phi) is 4.14. The summed E-state index contributed by atoms with van der Waals surface area (Å²) in [5, 5.41) is 5.05. The zero-order chi connectivity index (χ0) is 18.1. The summed E-state index contributed by atoms with van der Waals surface area (Å²) in [4.78, 5) is 35.3. The maximum atomic E-state index is 12.0. The lowest BCUT2D eigenvalue weighted by Crippen LogP contribution is -2.26. The molecule has 4 rings (SSSR count). The first-order valence-corrected chi connectivity index (χ1v) is 8.30. The van der Waals surface area contributed by atoms with Crippen LogP contribution in [0.4, 0.5) is 5.69 Å². The number of imide groups is 1. The first kappa shape index (κ1) is 16.3. The fourth-order valence-corrected chi connectivity index (χ4v) is 2.96. The van der Waals surface area contributed by atoms with Crippen molar-refractivity contribution in [1.29, 1.82) is 0 Å². The van der Waals surface area contributed by atoms with E-state index in [0.717, 1.165) is 12.8 Å². The van der Waals surface area contributed by atoms with Crippen LogP contribution in [0.15, 0.2) is 42.5 Å². The van der Waals surface area contributed by atoms with Crippen molar-refractivity contribution >= 4 is 23.4 Å². The van der Waals surface area contributed by atoms with Gasteiger partial charge in [0, 0.05) is 12.3 Å². The van der Waals surface area contributed by atoms with Gasteiger partial charge in [-0.05, 0) is 55.3 Å². The molecule has 1 saturated heterocycles. The maximum Gasteiger partial charge on any atom is 0.259 e. The van der Waals surface area contributed by atoms with Crippen molar-refractivity contribution in [3.8, 4) is 11.5 Å². The van der Waals surface area contributed by atoms with Gasteiger partial charge >= 0.3 is 0 Å². The van der Waals surface area contributed by atoms with E-state index in [-0.39, 0.29) is 12.0 Å². The van der Waals surface area contributed by atoms with Crippen LogP contribution >= 0.6 is 0 Å². The minimum Gasteiger partial charge on any atom is -0.457 e. The lowest BCUT2D eigenvalue weighted by atomic mass is 10.1. The van der Waals surface area contributed by atoms with Gasteiger partial charge in [0.2, 0.25) is 0 Å². The van der Waals surface area contributed by atoms with Crippen LogP contribution < -0.4 is 15.4 Å². The summed E-state index contributed by atoms with van der Waals surface area (Å²) < 4.78 is 11.1. The van der Waals surface area contributed by atoms with Crippen molar-refractivity contribution in [3.63, 3.8) is 0 Å². The molecule has 2 aromatic carbocycles. The van der Waals surface area contributed by atoms with Gasteiger partial charge in [0.1, 0.15) is 17.6 Å². The highest BCUT2D eigenvalue weighted by atomic mass is 16.5. The van der Waals surface area contributed by atoms with Gasteiger partial charge in [-0.15, -0.1) is 0 Å². The summed E-state index contributed by atoms with van der Waals surface area (Å²) in [6.45, 7) is 0.620. The molecule has 0 saturated carbocycles. The summed E-state index contributed by atoms with van der Waals surface area (Å²) in [7, 11) is 0. The van der Waals surface area contributed by atoms with Gasteiger partial charge in [0.15, 0.2) is 0 Å². The molecular weight excluding hydrogens is 336 g/mol. The van der Waals surface area contributed by atoms with Crippen LogP contribution in [0.5, 0.6) is 11.5 Å². The quantitative estimate of drug-likeness (QED) is 0.825. The number of nitrogens with one attached hydrogen (secondary N) is 2. The molecule has 3 amide bonds. The largest absolute Gasteiger partial charge is 0.457 e. The van der Waals surface area contributed by atoms with Gasteiger partial charge in [0.05, 0.1) is 11.1 Å². The topological polar surface area (TPSA) is 93.7 Å². The van der Waals surface area contributed by atoms with Crippen molar-refractivity contribution in [2.75, 3.05) is 11.9 Å². The molecule has 1 fully saturated rings. The van der Waals surface area contributed by atoms with E-state index < -0.39 is 11.8 Å². The highest BCUT2D eigenvalue weighted by Crippen LogP contribution is 2.27. The third-order valence-electron chi connectivity index (χ3n) is 4.29. The molecule has 2 heterocycles. The fourth-order valence-electron chi connectivity index (χ4n) is 2.96. The number of rotatable bonds is 4. The minimum atomic E-state index is -0.428. The number of hydrogen-bond acceptors (Lipinski definition) is 5. The predicted octanol–water partition coefficient (Wildman–Crippen LogP) is 2.48. The Balaban J connectivity index is 1.43. The second kappa shape index (κ2) is 6.61. The highest BCUT2D eigenvalue weighted by Gasteiger charge is 2.27. The van der Waals surface area contributed by atoms with Gasteiger partial charge in [-0.2, -0.15) is 0 Å². The molecule has 7 heteroatoms. The van der Waals surface area contributed by atoms with Crippen molar-refractivity contribution < 1.29 is 23.9 Å². The van der Waals surface area contributed by atoms with E-state index in [1.54, 1.807) is 36.4 Å². The molecule has 2 aromatic rings. The lowest BCUT2D eigenvalue weighted by molar-refractivity contribution is -0.124. The van der Waals surface area contributed by atoms with Crippen molar-refractivity contribution in [1.82, 2.24) is 5.32 Å². The molecule has 2 aliphatic rings. The molecular formula is C19H16N2O5. The standard InChI is InChI=1S/C19H16N2O5/c22-17-14-8-7-13(10-15(14)18(23)21-17)26-12-5-3-11(4-6-12)20-19(24)16-2-1-9-25-16/h3-8,10,16H,1-2,9H2,(H,20,24)(H,21,22,23). The SMILES string of the molecule is O=C1NC(=O)c2cc(Oc3ccc(NC(=O)C4CCCO4)cc3)ccc21. The summed E-state index contributed by atoms with van der Waals surface area (Å²) in [6, 6.07) is 11.6. The number of carbonyl (C=O) groups is 3. The van der Waals surface area contributed by atoms with Crippen molar-refractivity contribution in [3.05, 3.63) is 53.6 Å². The van der Waals surface area contributed by atoms with Crippen LogP contribution in [0.3, 0.4) is 0 Å². The lowest BCUT2D eigenvalue weighted by Gasteiger charge is -2.11. The smallest absolute Gasteiger partial charge is 0.259 e. The first-order chi connectivity index (χ1) is 12.6. The molecule has 0 aromatic heterocycles. The van der Waals surface area contributed by atoms with E-state index in [1.165, 1.54) is 6.07 Å². The van der Waals surface area contributed by atoms with Crippen LogP contribution in [-0.2, 0) is 9.53 Å². The summed E-state index contributed by atoms with van der Waals surface area (Å²) in [6.07, 6.45) is 1.25. The Morgan fingerprint density at radius 1 is 1.04 bits per heavy atom. The number of hydrogen-bond donors (Lipinski definition) is 2. The van der Waals surface area contributed by atoms with E-state index in [9.17, 15) is 14.4 Å². The van der Waals surface area contributed by atoms with E-state index in [2.05, 4.69) is 10.6 Å². The summed E-state index contributed by atoms with van der Waals surface area (Å²) >= 11 is 0. The Hall–Kier alpha value is -3.19. The Bertz CT molecular complexity index is 885. The molecule has 2 aliphatic heterocycles. The fraction of sp³-hybridized carbons (Fsp3) is 0.211. The Morgan fingerprint density at radius 2 is 1.77 bits per heavy atom.